The van der Waals surface area contributed by atoms with Gasteiger partial charge in [0.1, 0.15) is 0 Å². The molecule has 1 saturated heterocycles. The predicted molar refractivity (Wildman–Crippen MR) is 85.8 cm³/mol. The average molecular weight is 290 g/mol. The van der Waals surface area contributed by atoms with Crippen molar-refractivity contribution in [3.05, 3.63) is 0 Å². The Kier molecular flexibility index (Phi) is 3.87. The van der Waals surface area contributed by atoms with Crippen LogP contribution in [0.4, 0.5) is 17.8 Å². The molecule has 1 aliphatic heterocycles. The Labute approximate surface area is 126 Å². The van der Waals surface area contributed by atoms with E-state index in [1.165, 1.54) is 19.3 Å². The summed E-state index contributed by atoms with van der Waals surface area (Å²) in [5.74, 6) is 2.90. The summed E-state index contributed by atoms with van der Waals surface area (Å²) in [4.78, 5) is 15.8. The van der Waals surface area contributed by atoms with Crippen molar-refractivity contribution in [3.8, 4) is 0 Å². The summed E-state index contributed by atoms with van der Waals surface area (Å²) in [5, 5.41) is 6.60. The number of hydrogen-bond acceptors (Lipinski definition) is 6. The average Bonchev–Trinajstić information content (AvgIpc) is 2.88. The Hall–Kier alpha value is -1.59. The van der Waals surface area contributed by atoms with Crippen LogP contribution in [0.2, 0.25) is 0 Å². The molecule has 6 nitrogen and oxygen atoms in total. The zero-order valence-electron chi connectivity index (χ0n) is 13.3. The lowest BCUT2D eigenvalue weighted by Gasteiger charge is -2.17. The van der Waals surface area contributed by atoms with Crippen molar-refractivity contribution in [1.29, 1.82) is 0 Å². The fourth-order valence-corrected chi connectivity index (χ4v) is 2.88. The molecule has 3 rings (SSSR count). The maximum Gasteiger partial charge on any atom is 0.231 e. The molecule has 21 heavy (non-hydrogen) atoms. The molecular weight excluding hydrogens is 264 g/mol. The molecule has 2 N–H and O–H groups in total. The number of hydrogen-bond donors (Lipinski definition) is 2. The Morgan fingerprint density at radius 3 is 2.29 bits per heavy atom. The summed E-state index contributed by atoms with van der Waals surface area (Å²) in [7, 11) is 0. The van der Waals surface area contributed by atoms with Crippen molar-refractivity contribution in [1.82, 2.24) is 15.0 Å². The zero-order chi connectivity index (χ0) is 14.9. The molecule has 1 atom stereocenters. The van der Waals surface area contributed by atoms with Crippen LogP contribution in [0.15, 0.2) is 0 Å². The molecule has 1 saturated carbocycles. The van der Waals surface area contributed by atoms with E-state index < -0.39 is 0 Å². The number of rotatable bonds is 6. The smallest absolute Gasteiger partial charge is 0.231 e. The van der Waals surface area contributed by atoms with Gasteiger partial charge in [0.2, 0.25) is 17.8 Å². The van der Waals surface area contributed by atoms with Gasteiger partial charge in [-0.15, -0.1) is 0 Å². The minimum absolute atomic E-state index is 0.475. The van der Waals surface area contributed by atoms with E-state index in [1.54, 1.807) is 0 Å². The van der Waals surface area contributed by atoms with Gasteiger partial charge in [0.05, 0.1) is 0 Å². The lowest BCUT2D eigenvalue weighted by Crippen LogP contribution is -2.22. The van der Waals surface area contributed by atoms with E-state index in [4.69, 9.17) is 0 Å². The molecule has 0 radical (unpaired) electrons. The number of anilines is 3. The third kappa shape index (κ3) is 3.36. The van der Waals surface area contributed by atoms with Crippen molar-refractivity contribution in [2.75, 3.05) is 41.7 Å². The Morgan fingerprint density at radius 2 is 1.71 bits per heavy atom. The van der Waals surface area contributed by atoms with Gasteiger partial charge < -0.3 is 15.5 Å². The van der Waals surface area contributed by atoms with Gasteiger partial charge in [-0.2, -0.15) is 15.0 Å². The molecule has 1 aliphatic carbocycles. The summed E-state index contributed by atoms with van der Waals surface area (Å²) in [6.45, 7) is 10.5. The van der Waals surface area contributed by atoms with E-state index in [9.17, 15) is 0 Å². The molecule has 2 heterocycles. The third-order valence-corrected chi connectivity index (χ3v) is 4.57. The number of aromatic nitrogens is 3. The van der Waals surface area contributed by atoms with Crippen LogP contribution in [-0.4, -0.2) is 41.1 Å². The second-order valence-electron chi connectivity index (χ2n) is 6.78. The lowest BCUT2D eigenvalue weighted by atomic mass is 10.1. The molecule has 6 heteroatoms. The number of nitrogens with one attached hydrogen (secondary N) is 2. The van der Waals surface area contributed by atoms with E-state index in [0.29, 0.717) is 17.3 Å². The van der Waals surface area contributed by atoms with Crippen molar-refractivity contribution in [3.63, 3.8) is 0 Å². The minimum atomic E-state index is 0.475. The van der Waals surface area contributed by atoms with Crippen LogP contribution < -0.4 is 15.5 Å². The molecule has 1 unspecified atom stereocenters. The monoisotopic (exact) mass is 290 g/mol. The summed E-state index contributed by atoms with van der Waals surface area (Å²) in [6, 6.07) is 0. The van der Waals surface area contributed by atoms with Gasteiger partial charge in [-0.05, 0) is 37.5 Å². The highest BCUT2D eigenvalue weighted by atomic mass is 15.3. The summed E-state index contributed by atoms with van der Waals surface area (Å²) in [5.41, 5.74) is 0.475. The van der Waals surface area contributed by atoms with Gasteiger partial charge in [0, 0.05) is 26.2 Å². The van der Waals surface area contributed by atoms with Gasteiger partial charge in [0.25, 0.3) is 0 Å². The molecule has 116 valence electrons. The van der Waals surface area contributed by atoms with Crippen molar-refractivity contribution < 1.29 is 0 Å². The molecule has 2 aliphatic rings. The third-order valence-electron chi connectivity index (χ3n) is 4.57. The van der Waals surface area contributed by atoms with E-state index in [-0.39, 0.29) is 0 Å². The molecular formula is C15H26N6. The largest absolute Gasteiger partial charge is 0.354 e. The highest BCUT2D eigenvalue weighted by Gasteiger charge is 2.45. The van der Waals surface area contributed by atoms with Crippen LogP contribution in [0.3, 0.4) is 0 Å². The fourth-order valence-electron chi connectivity index (χ4n) is 2.88. The Bertz CT molecular complexity index is 495. The maximum atomic E-state index is 4.60. The SMILES string of the molecule is CCNc1nc(NCC2CC2(C)C)nc(N2CCCC2)n1. The highest BCUT2D eigenvalue weighted by molar-refractivity contribution is 5.44. The van der Waals surface area contributed by atoms with Gasteiger partial charge in [-0.25, -0.2) is 0 Å². The van der Waals surface area contributed by atoms with E-state index >= 15 is 0 Å². The maximum absolute atomic E-state index is 4.60. The molecule has 0 amide bonds. The van der Waals surface area contributed by atoms with Crippen LogP contribution in [0.25, 0.3) is 0 Å². The molecule has 1 aromatic rings. The van der Waals surface area contributed by atoms with Gasteiger partial charge >= 0.3 is 0 Å². The van der Waals surface area contributed by atoms with Crippen LogP contribution in [0, 0.1) is 11.3 Å². The lowest BCUT2D eigenvalue weighted by molar-refractivity contribution is 0.572. The summed E-state index contributed by atoms with van der Waals surface area (Å²) >= 11 is 0. The highest BCUT2D eigenvalue weighted by Crippen LogP contribution is 2.51. The molecule has 0 spiro atoms. The predicted octanol–water partition coefficient (Wildman–Crippen LogP) is 2.36. The normalized spacial score (nSPS) is 23.2. The first-order valence-electron chi connectivity index (χ1n) is 8.07. The molecule has 0 aromatic carbocycles. The first-order valence-corrected chi connectivity index (χ1v) is 8.07. The van der Waals surface area contributed by atoms with Gasteiger partial charge in [-0.3, -0.25) is 0 Å². The number of nitrogens with zero attached hydrogens (tertiary/aromatic N) is 4. The van der Waals surface area contributed by atoms with E-state index in [1.807, 2.05) is 0 Å². The van der Waals surface area contributed by atoms with Gasteiger partial charge in [-0.1, -0.05) is 13.8 Å². The van der Waals surface area contributed by atoms with Crippen LogP contribution >= 0.6 is 0 Å². The zero-order valence-corrected chi connectivity index (χ0v) is 13.3. The molecule has 2 fully saturated rings. The molecule has 1 aromatic heterocycles. The topological polar surface area (TPSA) is 66.0 Å². The van der Waals surface area contributed by atoms with Crippen molar-refractivity contribution in [2.24, 2.45) is 11.3 Å². The summed E-state index contributed by atoms with van der Waals surface area (Å²) in [6.07, 6.45) is 3.73. The van der Waals surface area contributed by atoms with Crippen LogP contribution in [0.1, 0.15) is 40.0 Å². The first kappa shape index (κ1) is 14.4. The van der Waals surface area contributed by atoms with Crippen LogP contribution in [0.5, 0.6) is 0 Å². The summed E-state index contributed by atoms with van der Waals surface area (Å²) < 4.78 is 0. The fraction of sp³-hybridized carbons (Fsp3) is 0.800. The quantitative estimate of drug-likeness (QED) is 0.838. The second kappa shape index (κ2) is 5.66. The van der Waals surface area contributed by atoms with Crippen molar-refractivity contribution >= 4 is 17.8 Å². The van der Waals surface area contributed by atoms with E-state index in [0.717, 1.165) is 38.0 Å². The second-order valence-corrected chi connectivity index (χ2v) is 6.78. The van der Waals surface area contributed by atoms with Gasteiger partial charge in [0.15, 0.2) is 0 Å². The Morgan fingerprint density at radius 1 is 1.10 bits per heavy atom. The first-order chi connectivity index (χ1) is 10.1. The van der Waals surface area contributed by atoms with Crippen molar-refractivity contribution in [2.45, 2.75) is 40.0 Å². The minimum Gasteiger partial charge on any atom is -0.354 e. The molecule has 0 bridgehead atoms. The Balaban J connectivity index is 1.71. The van der Waals surface area contributed by atoms with E-state index in [2.05, 4.69) is 51.3 Å². The standard InChI is InChI=1S/C15H26N6/c1-4-16-12-18-13(17-10-11-9-15(11,2)3)20-14(19-12)21-7-5-6-8-21/h11H,4-10H2,1-3H3,(H2,16,17,18,19,20). The van der Waals surface area contributed by atoms with Crippen LogP contribution in [-0.2, 0) is 0 Å².